The standard InChI is InChI=1S/C18H20N4O2/c1-4-24-16-8-6-13(10-17(16)23-3)11-19-22-18-20-14-7-5-12(2)9-15(14)21-18/h5-11H,4H2,1-3H3,(H2,20,21,22)/b19-11-. The average Bonchev–Trinajstić information content (AvgIpc) is 2.98. The van der Waals surface area contributed by atoms with Gasteiger partial charge in [-0.3, -0.25) is 0 Å². The summed E-state index contributed by atoms with van der Waals surface area (Å²) in [6, 6.07) is 11.7. The van der Waals surface area contributed by atoms with Crippen LogP contribution < -0.4 is 14.9 Å². The van der Waals surface area contributed by atoms with Gasteiger partial charge in [-0.1, -0.05) is 6.07 Å². The van der Waals surface area contributed by atoms with Crippen molar-refractivity contribution in [2.45, 2.75) is 13.8 Å². The molecule has 0 aliphatic carbocycles. The summed E-state index contributed by atoms with van der Waals surface area (Å²) in [5.74, 6) is 2.00. The molecular weight excluding hydrogens is 304 g/mol. The summed E-state index contributed by atoms with van der Waals surface area (Å²) in [6.45, 7) is 4.58. The molecule has 6 heteroatoms. The molecule has 0 radical (unpaired) electrons. The number of nitrogens with one attached hydrogen (secondary N) is 2. The zero-order valence-electron chi connectivity index (χ0n) is 14.0. The topological polar surface area (TPSA) is 71.5 Å². The molecule has 1 heterocycles. The summed E-state index contributed by atoms with van der Waals surface area (Å²) < 4.78 is 10.8. The lowest BCUT2D eigenvalue weighted by Crippen LogP contribution is -1.97. The quantitative estimate of drug-likeness (QED) is 0.535. The molecule has 0 bridgehead atoms. The second kappa shape index (κ2) is 7.04. The van der Waals surface area contributed by atoms with Crippen LogP contribution in [0.15, 0.2) is 41.5 Å². The van der Waals surface area contributed by atoms with Gasteiger partial charge in [-0.2, -0.15) is 5.10 Å². The van der Waals surface area contributed by atoms with Crippen molar-refractivity contribution in [1.82, 2.24) is 9.97 Å². The Morgan fingerprint density at radius 2 is 2.08 bits per heavy atom. The lowest BCUT2D eigenvalue weighted by Gasteiger charge is -2.09. The molecule has 0 fully saturated rings. The predicted molar refractivity (Wildman–Crippen MR) is 96.2 cm³/mol. The van der Waals surface area contributed by atoms with Crippen molar-refractivity contribution in [1.29, 1.82) is 0 Å². The molecule has 2 aromatic carbocycles. The van der Waals surface area contributed by atoms with Gasteiger partial charge in [-0.25, -0.2) is 10.4 Å². The lowest BCUT2D eigenvalue weighted by atomic mass is 10.2. The van der Waals surface area contributed by atoms with Crippen molar-refractivity contribution in [3.63, 3.8) is 0 Å². The first-order chi connectivity index (χ1) is 11.7. The number of nitrogens with zero attached hydrogens (tertiary/aromatic N) is 2. The molecule has 3 rings (SSSR count). The minimum Gasteiger partial charge on any atom is -0.493 e. The number of benzene rings is 2. The van der Waals surface area contributed by atoms with Crippen LogP contribution >= 0.6 is 0 Å². The maximum atomic E-state index is 5.50. The second-order valence-electron chi connectivity index (χ2n) is 5.32. The zero-order chi connectivity index (χ0) is 16.9. The second-order valence-corrected chi connectivity index (χ2v) is 5.32. The number of fused-ring (bicyclic) bond motifs is 1. The third kappa shape index (κ3) is 3.48. The van der Waals surface area contributed by atoms with E-state index < -0.39 is 0 Å². The number of aryl methyl sites for hydroxylation is 1. The number of aromatic nitrogens is 2. The van der Waals surface area contributed by atoms with Crippen LogP contribution in [-0.4, -0.2) is 29.9 Å². The molecule has 0 amide bonds. The molecule has 1 aromatic heterocycles. The van der Waals surface area contributed by atoms with Crippen molar-refractivity contribution in [3.8, 4) is 11.5 Å². The van der Waals surface area contributed by atoms with Crippen LogP contribution in [0, 0.1) is 6.92 Å². The summed E-state index contributed by atoms with van der Waals surface area (Å²) in [5, 5.41) is 4.22. The van der Waals surface area contributed by atoms with E-state index in [1.54, 1.807) is 13.3 Å². The Bertz CT molecular complexity index is 871. The van der Waals surface area contributed by atoms with E-state index in [4.69, 9.17) is 9.47 Å². The molecule has 24 heavy (non-hydrogen) atoms. The average molecular weight is 324 g/mol. The highest BCUT2D eigenvalue weighted by Gasteiger charge is 2.04. The number of H-pyrrole nitrogens is 1. The number of hydrogen-bond acceptors (Lipinski definition) is 5. The van der Waals surface area contributed by atoms with Crippen molar-refractivity contribution in [2.24, 2.45) is 5.10 Å². The first kappa shape index (κ1) is 15.9. The van der Waals surface area contributed by atoms with E-state index in [9.17, 15) is 0 Å². The molecule has 0 saturated heterocycles. The first-order valence-corrected chi connectivity index (χ1v) is 7.76. The van der Waals surface area contributed by atoms with Gasteiger partial charge in [-0.05, 0) is 55.3 Å². The van der Waals surface area contributed by atoms with E-state index >= 15 is 0 Å². The summed E-state index contributed by atoms with van der Waals surface area (Å²) in [6.07, 6.45) is 1.71. The minimum absolute atomic E-state index is 0.594. The van der Waals surface area contributed by atoms with E-state index in [1.807, 2.05) is 44.2 Å². The SMILES string of the molecule is CCOc1ccc(/C=N\Nc2nc3ccc(C)cc3[nH]2)cc1OC. The highest BCUT2D eigenvalue weighted by Crippen LogP contribution is 2.27. The molecule has 0 atom stereocenters. The van der Waals surface area contributed by atoms with E-state index in [2.05, 4.69) is 26.6 Å². The van der Waals surface area contributed by atoms with Crippen molar-refractivity contribution >= 4 is 23.2 Å². The Kier molecular flexibility index (Phi) is 4.65. The number of rotatable bonds is 6. The van der Waals surface area contributed by atoms with Crippen LogP contribution in [0.5, 0.6) is 11.5 Å². The van der Waals surface area contributed by atoms with Crippen LogP contribution in [-0.2, 0) is 0 Å². The number of aromatic amines is 1. The highest BCUT2D eigenvalue weighted by molar-refractivity contribution is 5.82. The van der Waals surface area contributed by atoms with Crippen LogP contribution in [0.2, 0.25) is 0 Å². The van der Waals surface area contributed by atoms with E-state index in [0.717, 1.165) is 22.3 Å². The Balaban J connectivity index is 1.73. The fourth-order valence-corrected chi connectivity index (χ4v) is 2.38. The molecule has 0 aliphatic rings. The largest absolute Gasteiger partial charge is 0.493 e. The number of hydrogen-bond donors (Lipinski definition) is 2. The van der Waals surface area contributed by atoms with Gasteiger partial charge in [0.1, 0.15) is 0 Å². The smallest absolute Gasteiger partial charge is 0.222 e. The monoisotopic (exact) mass is 324 g/mol. The highest BCUT2D eigenvalue weighted by atomic mass is 16.5. The van der Waals surface area contributed by atoms with Gasteiger partial charge in [0.25, 0.3) is 0 Å². The van der Waals surface area contributed by atoms with E-state index in [-0.39, 0.29) is 0 Å². The minimum atomic E-state index is 0.594. The molecule has 0 unspecified atom stereocenters. The third-order valence-electron chi connectivity index (χ3n) is 3.51. The summed E-state index contributed by atoms with van der Waals surface area (Å²) in [4.78, 5) is 7.62. The number of imidazole rings is 1. The maximum absolute atomic E-state index is 5.50. The lowest BCUT2D eigenvalue weighted by molar-refractivity contribution is 0.311. The molecule has 0 spiro atoms. The predicted octanol–water partition coefficient (Wildman–Crippen LogP) is 3.72. The number of anilines is 1. The molecule has 0 aliphatic heterocycles. The fourth-order valence-electron chi connectivity index (χ4n) is 2.38. The fraction of sp³-hybridized carbons (Fsp3) is 0.222. The first-order valence-electron chi connectivity index (χ1n) is 7.76. The van der Waals surface area contributed by atoms with Crippen molar-refractivity contribution in [2.75, 3.05) is 19.1 Å². The normalized spacial score (nSPS) is 11.1. The van der Waals surface area contributed by atoms with E-state index in [1.165, 1.54) is 5.56 Å². The summed E-state index contributed by atoms with van der Waals surface area (Å²) in [7, 11) is 1.62. The van der Waals surface area contributed by atoms with Crippen molar-refractivity contribution in [3.05, 3.63) is 47.5 Å². The Morgan fingerprint density at radius 1 is 1.21 bits per heavy atom. The van der Waals surface area contributed by atoms with Gasteiger partial charge in [0, 0.05) is 0 Å². The van der Waals surface area contributed by atoms with Crippen LogP contribution in [0.3, 0.4) is 0 Å². The van der Waals surface area contributed by atoms with Gasteiger partial charge in [0.15, 0.2) is 11.5 Å². The van der Waals surface area contributed by atoms with E-state index in [0.29, 0.717) is 18.3 Å². The zero-order valence-corrected chi connectivity index (χ0v) is 14.0. The number of methoxy groups -OCH3 is 1. The Morgan fingerprint density at radius 3 is 2.88 bits per heavy atom. The molecule has 3 aromatic rings. The Hall–Kier alpha value is -3.02. The summed E-state index contributed by atoms with van der Waals surface area (Å²) >= 11 is 0. The van der Waals surface area contributed by atoms with Crippen LogP contribution in [0.1, 0.15) is 18.1 Å². The van der Waals surface area contributed by atoms with Gasteiger partial charge >= 0.3 is 0 Å². The molecule has 0 saturated carbocycles. The van der Waals surface area contributed by atoms with Crippen molar-refractivity contribution < 1.29 is 9.47 Å². The molecule has 2 N–H and O–H groups in total. The van der Waals surface area contributed by atoms with Crippen LogP contribution in [0.4, 0.5) is 5.95 Å². The van der Waals surface area contributed by atoms with Gasteiger partial charge in [0.05, 0.1) is 31.0 Å². The number of ether oxygens (including phenoxy) is 2. The number of hydrazone groups is 1. The molecule has 124 valence electrons. The maximum Gasteiger partial charge on any atom is 0.222 e. The molecular formula is C18H20N4O2. The van der Waals surface area contributed by atoms with Crippen LogP contribution in [0.25, 0.3) is 11.0 Å². The van der Waals surface area contributed by atoms with Gasteiger partial charge in [-0.15, -0.1) is 0 Å². The van der Waals surface area contributed by atoms with Gasteiger partial charge < -0.3 is 14.5 Å². The summed E-state index contributed by atoms with van der Waals surface area (Å²) in [5.41, 5.74) is 6.88. The van der Waals surface area contributed by atoms with Gasteiger partial charge in [0.2, 0.25) is 5.95 Å². The Labute approximate surface area is 140 Å². The third-order valence-corrected chi connectivity index (χ3v) is 3.51. The molecule has 6 nitrogen and oxygen atoms in total.